The highest BCUT2D eigenvalue weighted by Gasteiger charge is 1.97. The third-order valence-corrected chi connectivity index (χ3v) is 2.84. The molecule has 0 amide bonds. The number of aryl methyl sites for hydroxylation is 1. The van der Waals surface area contributed by atoms with E-state index >= 15 is 0 Å². The van der Waals surface area contributed by atoms with Crippen LogP contribution in [0.4, 0.5) is 0 Å². The summed E-state index contributed by atoms with van der Waals surface area (Å²) in [5.74, 6) is 0.929. The van der Waals surface area contributed by atoms with E-state index < -0.39 is 0 Å². The first-order valence-electron chi connectivity index (χ1n) is 6.62. The van der Waals surface area contributed by atoms with Gasteiger partial charge >= 0.3 is 0 Å². The summed E-state index contributed by atoms with van der Waals surface area (Å²) in [4.78, 5) is 4.28. The van der Waals surface area contributed by atoms with Gasteiger partial charge in [-0.2, -0.15) is 0 Å². The summed E-state index contributed by atoms with van der Waals surface area (Å²) in [7, 11) is 0. The molecule has 1 aromatic carbocycles. The first-order valence-corrected chi connectivity index (χ1v) is 6.62. The van der Waals surface area contributed by atoms with E-state index in [0.29, 0.717) is 6.61 Å². The molecule has 0 aliphatic carbocycles. The second-order valence-electron chi connectivity index (χ2n) is 4.49. The van der Waals surface area contributed by atoms with Gasteiger partial charge in [-0.05, 0) is 43.2 Å². The van der Waals surface area contributed by atoms with Crippen molar-refractivity contribution in [3.8, 4) is 5.75 Å². The van der Waals surface area contributed by atoms with E-state index in [1.165, 1.54) is 11.1 Å². The Morgan fingerprint density at radius 1 is 1.11 bits per heavy atom. The molecule has 3 nitrogen and oxygen atoms in total. The zero-order valence-corrected chi connectivity index (χ0v) is 11.5. The Hall–Kier alpha value is -1.87. The zero-order chi connectivity index (χ0) is 13.5. The molecule has 0 saturated heterocycles. The van der Waals surface area contributed by atoms with E-state index in [4.69, 9.17) is 4.74 Å². The maximum atomic E-state index is 5.49. The van der Waals surface area contributed by atoms with Gasteiger partial charge in [-0.3, -0.25) is 4.98 Å². The number of benzene rings is 1. The summed E-state index contributed by atoms with van der Waals surface area (Å²) in [6.45, 7) is 6.35. The first kappa shape index (κ1) is 13.6. The van der Waals surface area contributed by atoms with Crippen LogP contribution in [0.5, 0.6) is 5.75 Å². The molecule has 0 radical (unpaired) electrons. The first-order chi connectivity index (χ1) is 9.28. The minimum Gasteiger partial charge on any atom is -0.494 e. The molecule has 0 bridgehead atoms. The van der Waals surface area contributed by atoms with Crippen molar-refractivity contribution in [2.75, 3.05) is 6.61 Å². The molecule has 0 atom stereocenters. The van der Waals surface area contributed by atoms with Crippen LogP contribution >= 0.6 is 0 Å². The van der Waals surface area contributed by atoms with Crippen molar-refractivity contribution in [1.82, 2.24) is 10.3 Å². The topological polar surface area (TPSA) is 34.1 Å². The normalized spacial score (nSPS) is 10.4. The van der Waals surface area contributed by atoms with Gasteiger partial charge in [0.25, 0.3) is 0 Å². The van der Waals surface area contributed by atoms with E-state index in [-0.39, 0.29) is 0 Å². The molecular weight excluding hydrogens is 236 g/mol. The van der Waals surface area contributed by atoms with Crippen LogP contribution in [0.2, 0.25) is 0 Å². The van der Waals surface area contributed by atoms with Crippen molar-refractivity contribution >= 4 is 0 Å². The summed E-state index contributed by atoms with van der Waals surface area (Å²) >= 11 is 0. The summed E-state index contributed by atoms with van der Waals surface area (Å²) in [5, 5.41) is 3.41. The van der Waals surface area contributed by atoms with Crippen LogP contribution in [0.3, 0.4) is 0 Å². The standard InChI is InChI=1S/C16H20N2O/c1-3-19-16-6-4-5-14(9-16)10-17-11-15-8-7-13(2)18-12-15/h4-9,12,17H,3,10-11H2,1-2H3. The van der Waals surface area contributed by atoms with E-state index in [9.17, 15) is 0 Å². The van der Waals surface area contributed by atoms with Crippen molar-refractivity contribution in [2.24, 2.45) is 0 Å². The summed E-state index contributed by atoms with van der Waals surface area (Å²) in [6, 6.07) is 12.3. The second kappa shape index (κ2) is 6.90. The number of nitrogens with one attached hydrogen (secondary N) is 1. The molecule has 0 aliphatic rings. The predicted molar refractivity (Wildman–Crippen MR) is 77.1 cm³/mol. The molecule has 100 valence electrons. The van der Waals surface area contributed by atoms with Crippen molar-refractivity contribution in [3.63, 3.8) is 0 Å². The molecule has 0 fully saturated rings. The SMILES string of the molecule is CCOc1cccc(CNCc2ccc(C)nc2)c1. The lowest BCUT2D eigenvalue weighted by atomic mass is 10.2. The average molecular weight is 256 g/mol. The van der Waals surface area contributed by atoms with Gasteiger partial charge < -0.3 is 10.1 Å². The van der Waals surface area contributed by atoms with Gasteiger partial charge in [-0.25, -0.2) is 0 Å². The molecule has 19 heavy (non-hydrogen) atoms. The van der Waals surface area contributed by atoms with Gasteiger partial charge in [-0.15, -0.1) is 0 Å². The molecule has 0 saturated carbocycles. The molecule has 1 heterocycles. The Morgan fingerprint density at radius 2 is 1.95 bits per heavy atom. The van der Waals surface area contributed by atoms with Crippen LogP contribution in [0, 0.1) is 6.92 Å². The fourth-order valence-electron chi connectivity index (χ4n) is 1.87. The maximum Gasteiger partial charge on any atom is 0.119 e. The molecule has 2 rings (SSSR count). The Balaban J connectivity index is 1.85. The van der Waals surface area contributed by atoms with Crippen LogP contribution in [-0.4, -0.2) is 11.6 Å². The van der Waals surface area contributed by atoms with Crippen molar-refractivity contribution < 1.29 is 4.74 Å². The van der Waals surface area contributed by atoms with Gasteiger partial charge in [0.15, 0.2) is 0 Å². The van der Waals surface area contributed by atoms with Crippen LogP contribution in [0.15, 0.2) is 42.6 Å². The molecule has 3 heteroatoms. The number of rotatable bonds is 6. The fraction of sp³-hybridized carbons (Fsp3) is 0.312. The van der Waals surface area contributed by atoms with E-state index in [2.05, 4.69) is 28.5 Å². The Labute approximate surface area is 114 Å². The average Bonchev–Trinajstić information content (AvgIpc) is 2.42. The van der Waals surface area contributed by atoms with Crippen molar-refractivity contribution in [3.05, 3.63) is 59.4 Å². The van der Waals surface area contributed by atoms with Gasteiger partial charge in [0, 0.05) is 25.0 Å². The van der Waals surface area contributed by atoms with Crippen LogP contribution in [0.25, 0.3) is 0 Å². The Morgan fingerprint density at radius 3 is 2.68 bits per heavy atom. The molecular formula is C16H20N2O. The number of hydrogen-bond donors (Lipinski definition) is 1. The van der Waals surface area contributed by atoms with Crippen LogP contribution < -0.4 is 10.1 Å². The number of ether oxygens (including phenoxy) is 1. The van der Waals surface area contributed by atoms with E-state index in [1.807, 2.05) is 38.2 Å². The number of hydrogen-bond acceptors (Lipinski definition) is 3. The quantitative estimate of drug-likeness (QED) is 0.862. The highest BCUT2D eigenvalue weighted by atomic mass is 16.5. The van der Waals surface area contributed by atoms with E-state index in [1.54, 1.807) is 0 Å². The molecule has 1 N–H and O–H groups in total. The van der Waals surface area contributed by atoms with Gasteiger partial charge in [0.2, 0.25) is 0 Å². The molecule has 0 unspecified atom stereocenters. The smallest absolute Gasteiger partial charge is 0.119 e. The highest BCUT2D eigenvalue weighted by molar-refractivity contribution is 5.28. The molecule has 0 aliphatic heterocycles. The lowest BCUT2D eigenvalue weighted by Crippen LogP contribution is -2.12. The number of aromatic nitrogens is 1. The molecule has 2 aromatic rings. The van der Waals surface area contributed by atoms with E-state index in [0.717, 1.165) is 24.5 Å². The zero-order valence-electron chi connectivity index (χ0n) is 11.5. The largest absolute Gasteiger partial charge is 0.494 e. The van der Waals surface area contributed by atoms with Crippen molar-refractivity contribution in [2.45, 2.75) is 26.9 Å². The van der Waals surface area contributed by atoms with Crippen LogP contribution in [0.1, 0.15) is 23.7 Å². The third kappa shape index (κ3) is 4.38. The molecule has 0 spiro atoms. The Kier molecular flexibility index (Phi) is 4.93. The highest BCUT2D eigenvalue weighted by Crippen LogP contribution is 2.13. The minimum atomic E-state index is 0.700. The fourth-order valence-corrected chi connectivity index (χ4v) is 1.87. The lowest BCUT2D eigenvalue weighted by molar-refractivity contribution is 0.340. The maximum absolute atomic E-state index is 5.49. The number of pyridine rings is 1. The minimum absolute atomic E-state index is 0.700. The van der Waals surface area contributed by atoms with Gasteiger partial charge in [0.1, 0.15) is 5.75 Å². The summed E-state index contributed by atoms with van der Waals surface area (Å²) < 4.78 is 5.49. The second-order valence-corrected chi connectivity index (χ2v) is 4.49. The number of nitrogens with zero attached hydrogens (tertiary/aromatic N) is 1. The summed E-state index contributed by atoms with van der Waals surface area (Å²) in [5.41, 5.74) is 3.48. The third-order valence-electron chi connectivity index (χ3n) is 2.84. The Bertz CT molecular complexity index is 508. The van der Waals surface area contributed by atoms with Gasteiger partial charge in [0.05, 0.1) is 6.61 Å². The summed E-state index contributed by atoms with van der Waals surface area (Å²) in [6.07, 6.45) is 1.92. The van der Waals surface area contributed by atoms with Crippen molar-refractivity contribution in [1.29, 1.82) is 0 Å². The van der Waals surface area contributed by atoms with Gasteiger partial charge in [-0.1, -0.05) is 18.2 Å². The molecule has 1 aromatic heterocycles. The lowest BCUT2D eigenvalue weighted by Gasteiger charge is -2.07. The van der Waals surface area contributed by atoms with Crippen LogP contribution in [-0.2, 0) is 13.1 Å². The predicted octanol–water partition coefficient (Wildman–Crippen LogP) is 3.08. The monoisotopic (exact) mass is 256 g/mol.